The molecule has 0 saturated carbocycles. The molecule has 0 fully saturated rings. The molecule has 0 radical (unpaired) electrons. The van der Waals surface area contributed by atoms with Gasteiger partial charge in [0, 0.05) is 15.7 Å². The second-order valence-corrected chi connectivity index (χ2v) is 5.35. The van der Waals surface area contributed by atoms with Gasteiger partial charge in [0.2, 0.25) is 0 Å². The van der Waals surface area contributed by atoms with Crippen molar-refractivity contribution in [2.45, 2.75) is 13.3 Å². The van der Waals surface area contributed by atoms with E-state index in [1.165, 1.54) is 11.0 Å². The Kier molecular flexibility index (Phi) is 4.38. The van der Waals surface area contributed by atoms with Gasteiger partial charge >= 0.3 is 0 Å². The first-order chi connectivity index (χ1) is 9.40. The molecule has 0 N–H and O–H groups in total. The van der Waals surface area contributed by atoms with Crippen molar-refractivity contribution in [2.75, 3.05) is 6.54 Å². The van der Waals surface area contributed by atoms with Crippen LogP contribution in [-0.2, 0) is 0 Å². The molecule has 1 aromatic rings. The number of hydrogen-bond acceptors (Lipinski definition) is 1. The lowest BCUT2D eigenvalue weighted by Crippen LogP contribution is -2.28. The van der Waals surface area contributed by atoms with Gasteiger partial charge in [0.15, 0.2) is 0 Å². The molecule has 0 bridgehead atoms. The van der Waals surface area contributed by atoms with E-state index in [0.717, 1.165) is 5.56 Å². The normalized spacial score (nSPS) is 15.5. The first-order valence-electron chi connectivity index (χ1n) is 5.99. The maximum Gasteiger partial charge on any atom is 0.256 e. The molecule has 1 aliphatic rings. The van der Waals surface area contributed by atoms with Crippen LogP contribution >= 0.6 is 15.9 Å². The van der Waals surface area contributed by atoms with E-state index in [0.29, 0.717) is 15.9 Å². The quantitative estimate of drug-likeness (QED) is 0.758. The molecule has 1 heterocycles. The standard InChI is InChI=1S/C15H13BrF3N/c1-9-3-4-11(13(17)7-9)14-6-5-12(16)10(2)20(14)8-15(18)19/h3-7,15H,2,8H2,1H3. The maximum absolute atomic E-state index is 14.1. The van der Waals surface area contributed by atoms with Crippen LogP contribution in [0.1, 0.15) is 11.1 Å². The zero-order chi connectivity index (χ0) is 14.9. The molecule has 0 amide bonds. The Morgan fingerprint density at radius 1 is 1.30 bits per heavy atom. The number of allylic oxidation sites excluding steroid dienone is 3. The summed E-state index contributed by atoms with van der Waals surface area (Å²) in [6, 6.07) is 4.72. The Labute approximate surface area is 124 Å². The average Bonchev–Trinajstić information content (AvgIpc) is 2.36. The molecule has 106 valence electrons. The van der Waals surface area contributed by atoms with Gasteiger partial charge in [0.05, 0.1) is 12.2 Å². The predicted molar refractivity (Wildman–Crippen MR) is 78.0 cm³/mol. The van der Waals surface area contributed by atoms with Crippen molar-refractivity contribution in [1.82, 2.24) is 4.90 Å². The molecule has 0 aromatic heterocycles. The molecule has 1 aromatic carbocycles. The number of alkyl halides is 2. The number of benzene rings is 1. The lowest BCUT2D eigenvalue weighted by Gasteiger charge is -2.31. The smallest absolute Gasteiger partial charge is 0.256 e. The zero-order valence-electron chi connectivity index (χ0n) is 10.8. The van der Waals surface area contributed by atoms with E-state index in [1.54, 1.807) is 31.2 Å². The van der Waals surface area contributed by atoms with Gasteiger partial charge in [-0.15, -0.1) is 0 Å². The number of hydrogen-bond donors (Lipinski definition) is 0. The highest BCUT2D eigenvalue weighted by atomic mass is 79.9. The highest BCUT2D eigenvalue weighted by Gasteiger charge is 2.24. The molecule has 0 atom stereocenters. The van der Waals surface area contributed by atoms with Crippen LogP contribution in [0.5, 0.6) is 0 Å². The molecule has 0 aliphatic carbocycles. The van der Waals surface area contributed by atoms with Gasteiger partial charge < -0.3 is 4.90 Å². The van der Waals surface area contributed by atoms with Gasteiger partial charge in [-0.05, 0) is 52.7 Å². The van der Waals surface area contributed by atoms with Crippen LogP contribution in [0.3, 0.4) is 0 Å². The summed E-state index contributed by atoms with van der Waals surface area (Å²) in [5.74, 6) is -0.435. The number of rotatable bonds is 3. The second kappa shape index (κ2) is 5.87. The average molecular weight is 344 g/mol. The fourth-order valence-corrected chi connectivity index (χ4v) is 2.37. The van der Waals surface area contributed by atoms with Crippen LogP contribution in [0.4, 0.5) is 13.2 Å². The highest BCUT2D eigenvalue weighted by Crippen LogP contribution is 2.34. The Morgan fingerprint density at radius 3 is 2.60 bits per heavy atom. The third kappa shape index (κ3) is 2.98. The number of halogens is 4. The van der Waals surface area contributed by atoms with Gasteiger partial charge in [-0.1, -0.05) is 12.6 Å². The van der Waals surface area contributed by atoms with E-state index >= 15 is 0 Å². The van der Waals surface area contributed by atoms with Crippen molar-refractivity contribution in [1.29, 1.82) is 0 Å². The van der Waals surface area contributed by atoms with E-state index in [1.807, 2.05) is 0 Å². The molecule has 0 saturated heterocycles. The number of aryl methyl sites for hydroxylation is 1. The highest BCUT2D eigenvalue weighted by molar-refractivity contribution is 9.12. The van der Waals surface area contributed by atoms with Crippen molar-refractivity contribution in [3.8, 4) is 0 Å². The molecular weight excluding hydrogens is 331 g/mol. The fraction of sp³-hybridized carbons (Fsp3) is 0.200. The summed E-state index contributed by atoms with van der Waals surface area (Å²) in [7, 11) is 0. The Bertz CT molecular complexity index is 605. The molecular formula is C15H13BrF3N. The molecule has 1 aliphatic heterocycles. The third-order valence-electron chi connectivity index (χ3n) is 3.00. The summed E-state index contributed by atoms with van der Waals surface area (Å²) < 4.78 is 40.1. The van der Waals surface area contributed by atoms with Gasteiger partial charge in [0.1, 0.15) is 5.82 Å². The van der Waals surface area contributed by atoms with Crippen LogP contribution in [0.25, 0.3) is 5.70 Å². The van der Waals surface area contributed by atoms with Crippen LogP contribution < -0.4 is 0 Å². The van der Waals surface area contributed by atoms with Gasteiger partial charge in [-0.25, -0.2) is 13.2 Å². The zero-order valence-corrected chi connectivity index (χ0v) is 12.4. The Hall–Kier alpha value is -1.49. The SMILES string of the molecule is C=C1C(Br)=CC=C(c2ccc(C)cc2F)N1CC(F)F. The van der Waals surface area contributed by atoms with Crippen LogP contribution in [0.2, 0.25) is 0 Å². The lowest BCUT2D eigenvalue weighted by atomic mass is 10.0. The minimum absolute atomic E-state index is 0.286. The number of nitrogens with zero attached hydrogens (tertiary/aromatic N) is 1. The topological polar surface area (TPSA) is 3.24 Å². The molecule has 20 heavy (non-hydrogen) atoms. The van der Waals surface area contributed by atoms with E-state index in [2.05, 4.69) is 22.5 Å². The van der Waals surface area contributed by atoms with Crippen LogP contribution in [-0.4, -0.2) is 17.9 Å². The minimum Gasteiger partial charge on any atom is -0.335 e. The van der Waals surface area contributed by atoms with Crippen molar-refractivity contribution >= 4 is 21.6 Å². The van der Waals surface area contributed by atoms with Crippen molar-refractivity contribution in [3.63, 3.8) is 0 Å². The summed E-state index contributed by atoms with van der Waals surface area (Å²) in [5.41, 5.74) is 1.84. The largest absolute Gasteiger partial charge is 0.335 e. The van der Waals surface area contributed by atoms with E-state index in [-0.39, 0.29) is 5.56 Å². The Morgan fingerprint density at radius 2 is 2.00 bits per heavy atom. The maximum atomic E-state index is 14.1. The van der Waals surface area contributed by atoms with Crippen molar-refractivity contribution < 1.29 is 13.2 Å². The van der Waals surface area contributed by atoms with Crippen molar-refractivity contribution in [2.24, 2.45) is 0 Å². The van der Waals surface area contributed by atoms with Crippen molar-refractivity contribution in [3.05, 3.63) is 64.1 Å². The van der Waals surface area contributed by atoms with Crippen LogP contribution in [0, 0.1) is 12.7 Å². The molecule has 2 rings (SSSR count). The van der Waals surface area contributed by atoms with Gasteiger partial charge in [0.25, 0.3) is 6.43 Å². The van der Waals surface area contributed by atoms with E-state index in [4.69, 9.17) is 0 Å². The summed E-state index contributed by atoms with van der Waals surface area (Å²) >= 11 is 3.25. The van der Waals surface area contributed by atoms with Gasteiger partial charge in [-0.2, -0.15) is 0 Å². The summed E-state index contributed by atoms with van der Waals surface area (Å²) in [6.45, 7) is 5.01. The Balaban J connectivity index is 2.48. The first kappa shape index (κ1) is 14.9. The lowest BCUT2D eigenvalue weighted by molar-refractivity contribution is 0.123. The summed E-state index contributed by atoms with van der Waals surface area (Å²) in [6.07, 6.45) is 0.746. The second-order valence-electron chi connectivity index (χ2n) is 4.50. The van der Waals surface area contributed by atoms with E-state index < -0.39 is 18.8 Å². The molecule has 1 nitrogen and oxygen atoms in total. The monoisotopic (exact) mass is 343 g/mol. The summed E-state index contributed by atoms with van der Waals surface area (Å²) in [4.78, 5) is 1.32. The molecule has 0 spiro atoms. The minimum atomic E-state index is -2.54. The predicted octanol–water partition coefficient (Wildman–Crippen LogP) is 4.85. The fourth-order valence-electron chi connectivity index (χ4n) is 2.02. The van der Waals surface area contributed by atoms with Gasteiger partial charge in [-0.3, -0.25) is 0 Å². The van der Waals surface area contributed by atoms with Crippen LogP contribution in [0.15, 0.2) is 47.1 Å². The van der Waals surface area contributed by atoms with E-state index in [9.17, 15) is 13.2 Å². The first-order valence-corrected chi connectivity index (χ1v) is 6.78. The summed E-state index contributed by atoms with van der Waals surface area (Å²) in [5, 5.41) is 0. The molecule has 5 heteroatoms. The molecule has 0 unspecified atom stereocenters. The third-order valence-corrected chi connectivity index (χ3v) is 3.72.